The van der Waals surface area contributed by atoms with Crippen molar-refractivity contribution in [1.82, 2.24) is 0 Å². The summed E-state index contributed by atoms with van der Waals surface area (Å²) in [5.41, 5.74) is 2.68. The van der Waals surface area contributed by atoms with E-state index in [-0.39, 0.29) is 5.97 Å². The summed E-state index contributed by atoms with van der Waals surface area (Å²) < 4.78 is 9.93. The Bertz CT molecular complexity index is 554. The van der Waals surface area contributed by atoms with Gasteiger partial charge in [0.25, 0.3) is 0 Å². The molecule has 0 bridgehead atoms. The summed E-state index contributed by atoms with van der Waals surface area (Å²) in [4.78, 5) is 23.2. The first-order valence-corrected chi connectivity index (χ1v) is 6.74. The number of ether oxygens (including phenoxy) is 2. The quantitative estimate of drug-likeness (QED) is 0.632. The molecule has 0 heterocycles. The fourth-order valence-corrected chi connectivity index (χ4v) is 1.96. The van der Waals surface area contributed by atoms with Crippen LogP contribution in [0.15, 0.2) is 18.2 Å². The second kappa shape index (κ2) is 6.57. The minimum Gasteiger partial charge on any atom is -0.465 e. The Morgan fingerprint density at radius 2 is 1.62 bits per heavy atom. The molecule has 21 heavy (non-hydrogen) atoms. The molecule has 1 rings (SSSR count). The maximum Gasteiger partial charge on any atom is 0.337 e. The van der Waals surface area contributed by atoms with Gasteiger partial charge in [0.05, 0.1) is 12.7 Å². The smallest absolute Gasteiger partial charge is 0.337 e. The van der Waals surface area contributed by atoms with Crippen molar-refractivity contribution >= 4 is 18.0 Å². The van der Waals surface area contributed by atoms with E-state index in [0.29, 0.717) is 5.56 Å². The Labute approximate surface area is 125 Å². The number of carbonyl (C=O) groups is 2. The Morgan fingerprint density at radius 1 is 1.10 bits per heavy atom. The largest absolute Gasteiger partial charge is 0.465 e. The van der Waals surface area contributed by atoms with Gasteiger partial charge in [-0.3, -0.25) is 0 Å². The highest BCUT2D eigenvalue weighted by Gasteiger charge is 2.14. The van der Waals surface area contributed by atoms with Gasteiger partial charge in [0.1, 0.15) is 5.60 Å². The van der Waals surface area contributed by atoms with Crippen LogP contribution >= 0.6 is 0 Å². The molecular weight excluding hydrogens is 268 g/mol. The van der Waals surface area contributed by atoms with Crippen LogP contribution < -0.4 is 0 Å². The Kier molecular flexibility index (Phi) is 5.30. The molecule has 114 valence electrons. The highest BCUT2D eigenvalue weighted by molar-refractivity contribution is 5.91. The summed E-state index contributed by atoms with van der Waals surface area (Å²) in [5.74, 6) is -0.762. The molecule has 0 fully saturated rings. The predicted molar refractivity (Wildman–Crippen MR) is 82.1 cm³/mol. The third-order valence-electron chi connectivity index (χ3n) is 2.81. The molecule has 4 heteroatoms. The maximum absolute atomic E-state index is 11.7. The Morgan fingerprint density at radius 3 is 2.05 bits per heavy atom. The number of methoxy groups -OCH3 is 1. The normalized spacial score (nSPS) is 11.5. The highest BCUT2D eigenvalue weighted by Crippen LogP contribution is 2.19. The monoisotopic (exact) mass is 290 g/mol. The Balaban J connectivity index is 3.00. The lowest BCUT2D eigenvalue weighted by atomic mass is 9.99. The van der Waals surface area contributed by atoms with Crippen molar-refractivity contribution in [1.29, 1.82) is 0 Å². The van der Waals surface area contributed by atoms with Crippen LogP contribution in [0.3, 0.4) is 0 Å². The summed E-state index contributed by atoms with van der Waals surface area (Å²) in [6.45, 7) is 9.23. The van der Waals surface area contributed by atoms with Gasteiger partial charge in [-0.2, -0.15) is 0 Å². The van der Waals surface area contributed by atoms with Crippen LogP contribution in [-0.4, -0.2) is 24.6 Å². The number of benzene rings is 1. The molecule has 0 aliphatic carbocycles. The molecule has 0 saturated carbocycles. The van der Waals surface area contributed by atoms with Crippen molar-refractivity contribution in [2.45, 2.75) is 40.2 Å². The van der Waals surface area contributed by atoms with Crippen LogP contribution in [0.2, 0.25) is 0 Å². The molecule has 0 radical (unpaired) electrons. The lowest BCUT2D eigenvalue weighted by Crippen LogP contribution is -2.22. The first-order valence-electron chi connectivity index (χ1n) is 6.74. The number of esters is 2. The van der Waals surface area contributed by atoms with E-state index in [1.807, 2.05) is 34.6 Å². The van der Waals surface area contributed by atoms with Crippen molar-refractivity contribution in [3.05, 3.63) is 40.5 Å². The van der Waals surface area contributed by atoms with Crippen LogP contribution in [-0.2, 0) is 14.3 Å². The second-order valence-corrected chi connectivity index (χ2v) is 5.88. The molecule has 0 aromatic heterocycles. The van der Waals surface area contributed by atoms with Crippen LogP contribution in [0.1, 0.15) is 47.8 Å². The van der Waals surface area contributed by atoms with Gasteiger partial charge in [-0.05, 0) is 69.5 Å². The topological polar surface area (TPSA) is 52.6 Å². The third kappa shape index (κ3) is 5.06. The van der Waals surface area contributed by atoms with E-state index in [9.17, 15) is 9.59 Å². The molecule has 0 amide bonds. The van der Waals surface area contributed by atoms with Gasteiger partial charge in [0.2, 0.25) is 0 Å². The minimum atomic E-state index is -0.514. The summed E-state index contributed by atoms with van der Waals surface area (Å²) >= 11 is 0. The number of carbonyl (C=O) groups excluding carboxylic acids is 2. The second-order valence-electron chi connectivity index (χ2n) is 5.88. The van der Waals surface area contributed by atoms with Crippen molar-refractivity contribution in [2.75, 3.05) is 7.11 Å². The van der Waals surface area contributed by atoms with Crippen molar-refractivity contribution in [2.24, 2.45) is 0 Å². The lowest BCUT2D eigenvalue weighted by Gasteiger charge is -2.18. The minimum absolute atomic E-state index is 0.371. The standard InChI is InChI=1S/C17H22O4/c1-11-9-13(16(19)20-6)10-12(2)14(11)7-8-15(18)21-17(3,4)5/h7-10H,1-6H3/b8-7+. The van der Waals surface area contributed by atoms with E-state index >= 15 is 0 Å². The maximum atomic E-state index is 11.7. The van der Waals surface area contributed by atoms with Crippen molar-refractivity contribution in [3.8, 4) is 0 Å². The fraction of sp³-hybridized carbons (Fsp3) is 0.412. The summed E-state index contributed by atoms with van der Waals surface area (Å²) in [5, 5.41) is 0. The SMILES string of the molecule is COC(=O)c1cc(C)c(/C=C/C(=O)OC(C)(C)C)c(C)c1. The van der Waals surface area contributed by atoms with E-state index in [1.165, 1.54) is 13.2 Å². The van der Waals surface area contributed by atoms with Crippen LogP contribution in [0.4, 0.5) is 0 Å². The molecule has 0 atom stereocenters. The molecule has 1 aromatic rings. The molecule has 1 aromatic carbocycles. The molecule has 0 saturated heterocycles. The van der Waals surface area contributed by atoms with E-state index in [2.05, 4.69) is 0 Å². The average Bonchev–Trinajstić information content (AvgIpc) is 2.34. The predicted octanol–water partition coefficient (Wildman–Crippen LogP) is 3.44. The molecule has 0 aliphatic heterocycles. The van der Waals surface area contributed by atoms with Gasteiger partial charge in [-0.15, -0.1) is 0 Å². The van der Waals surface area contributed by atoms with Gasteiger partial charge in [0, 0.05) is 6.08 Å². The zero-order valence-electron chi connectivity index (χ0n) is 13.4. The number of rotatable bonds is 3. The molecule has 0 N–H and O–H groups in total. The molecule has 4 nitrogen and oxygen atoms in total. The first-order chi connectivity index (χ1) is 9.64. The van der Waals surface area contributed by atoms with Gasteiger partial charge in [-0.25, -0.2) is 9.59 Å². The third-order valence-corrected chi connectivity index (χ3v) is 2.81. The van der Waals surface area contributed by atoms with Gasteiger partial charge in [0.15, 0.2) is 0 Å². The molecular formula is C17H22O4. The van der Waals surface area contributed by atoms with Crippen LogP contribution in [0, 0.1) is 13.8 Å². The van der Waals surface area contributed by atoms with E-state index in [0.717, 1.165) is 16.7 Å². The van der Waals surface area contributed by atoms with Crippen molar-refractivity contribution in [3.63, 3.8) is 0 Å². The van der Waals surface area contributed by atoms with E-state index in [4.69, 9.17) is 9.47 Å². The van der Waals surface area contributed by atoms with Gasteiger partial charge in [-0.1, -0.05) is 0 Å². The van der Waals surface area contributed by atoms with E-state index < -0.39 is 11.6 Å². The van der Waals surface area contributed by atoms with Crippen LogP contribution in [0.25, 0.3) is 6.08 Å². The zero-order valence-corrected chi connectivity index (χ0v) is 13.4. The number of aryl methyl sites for hydroxylation is 2. The average molecular weight is 290 g/mol. The Hall–Kier alpha value is -2.10. The van der Waals surface area contributed by atoms with Gasteiger partial charge >= 0.3 is 11.9 Å². The van der Waals surface area contributed by atoms with Crippen molar-refractivity contribution < 1.29 is 19.1 Å². The molecule has 0 unspecified atom stereocenters. The molecule has 0 aliphatic rings. The molecule has 0 spiro atoms. The van der Waals surface area contributed by atoms with E-state index in [1.54, 1.807) is 18.2 Å². The van der Waals surface area contributed by atoms with Gasteiger partial charge < -0.3 is 9.47 Å². The fourth-order valence-electron chi connectivity index (χ4n) is 1.96. The first kappa shape index (κ1) is 17.0. The van der Waals surface area contributed by atoms with Crippen LogP contribution in [0.5, 0.6) is 0 Å². The lowest BCUT2D eigenvalue weighted by molar-refractivity contribution is -0.148. The highest BCUT2D eigenvalue weighted by atomic mass is 16.6. The number of hydrogen-bond donors (Lipinski definition) is 0. The summed E-state index contributed by atoms with van der Waals surface area (Å²) in [7, 11) is 1.35. The summed E-state index contributed by atoms with van der Waals surface area (Å²) in [6, 6.07) is 3.49. The zero-order chi connectivity index (χ0) is 16.2. The number of hydrogen-bond acceptors (Lipinski definition) is 4. The summed E-state index contributed by atoms with van der Waals surface area (Å²) in [6.07, 6.45) is 3.11.